The minimum absolute atomic E-state index is 0. The normalized spacial score (nSPS) is 16.8. The highest BCUT2D eigenvalue weighted by atomic mass is 79.9. The molecule has 0 aliphatic carbocycles. The lowest BCUT2D eigenvalue weighted by atomic mass is 10.2. The molecule has 2 heterocycles. The van der Waals surface area contributed by atoms with Crippen molar-refractivity contribution >= 4 is 67.4 Å². The van der Waals surface area contributed by atoms with Crippen LogP contribution in [0.25, 0.3) is 0 Å². The Hall–Kier alpha value is -0.240. The van der Waals surface area contributed by atoms with Gasteiger partial charge in [0.2, 0.25) is 0 Å². The van der Waals surface area contributed by atoms with Gasteiger partial charge >= 0.3 is 0 Å². The number of halogens is 3. The summed E-state index contributed by atoms with van der Waals surface area (Å²) in [5, 5.41) is 0. The van der Waals surface area contributed by atoms with Gasteiger partial charge in [0, 0.05) is 44.9 Å². The van der Waals surface area contributed by atoms with Gasteiger partial charge in [-0.2, -0.15) is 0 Å². The van der Waals surface area contributed by atoms with E-state index in [2.05, 4.69) is 78.1 Å². The fraction of sp³-hybridized carbons (Fsp3) is 0.333. The monoisotopic (exact) mass is 504 g/mol. The van der Waals surface area contributed by atoms with E-state index >= 15 is 0 Å². The molecule has 1 fully saturated rings. The van der Waals surface area contributed by atoms with Crippen molar-refractivity contribution in [3.05, 3.63) is 45.3 Å². The van der Waals surface area contributed by atoms with Crippen LogP contribution in [0.5, 0.6) is 0 Å². The van der Waals surface area contributed by atoms with Gasteiger partial charge in [-0.25, -0.2) is 0 Å². The highest BCUT2D eigenvalue weighted by Gasteiger charge is 2.24. The van der Waals surface area contributed by atoms with E-state index in [4.69, 9.17) is 4.74 Å². The number of hydrogen-bond acceptors (Lipinski definition) is 4. The van der Waals surface area contributed by atoms with E-state index in [1.165, 1.54) is 21.2 Å². The van der Waals surface area contributed by atoms with E-state index in [1.54, 1.807) is 0 Å². The molecule has 1 saturated heterocycles. The molecule has 0 N–H and O–H groups in total. The largest absolute Gasteiger partial charge is 0.379 e. The summed E-state index contributed by atoms with van der Waals surface area (Å²) in [7, 11) is 0. The van der Waals surface area contributed by atoms with Crippen LogP contribution in [0.3, 0.4) is 0 Å². The summed E-state index contributed by atoms with van der Waals surface area (Å²) < 4.78 is 7.71. The quantitative estimate of drug-likeness (QED) is 0.541. The van der Waals surface area contributed by atoms with Crippen molar-refractivity contribution in [1.29, 1.82) is 0 Å². The standard InChI is InChI=1S/C18H18Br2N2OS.ClH/c19-13-1-3-15-17(11-13)24-18-12-14(20)2-4-16(18)22(15)6-5-21-7-9-23-10-8-21;/h1-4,11-12H,5-10H2;1H. The SMILES string of the molecule is Brc1ccc2c(c1)Sc1cc(Br)ccc1N2CCN1CCOCC1.Cl. The van der Waals surface area contributed by atoms with Gasteiger partial charge in [0.1, 0.15) is 0 Å². The second kappa shape index (κ2) is 8.63. The molecule has 2 aromatic rings. The predicted octanol–water partition coefficient (Wildman–Crippen LogP) is 5.57. The van der Waals surface area contributed by atoms with E-state index in [0.717, 1.165) is 48.3 Å². The van der Waals surface area contributed by atoms with E-state index < -0.39 is 0 Å². The predicted molar refractivity (Wildman–Crippen MR) is 114 cm³/mol. The fourth-order valence-electron chi connectivity index (χ4n) is 3.14. The Morgan fingerprint density at radius 3 is 2.00 bits per heavy atom. The Labute approximate surface area is 175 Å². The van der Waals surface area contributed by atoms with Crippen molar-refractivity contribution in [1.82, 2.24) is 4.90 Å². The molecule has 0 saturated carbocycles. The molecular weight excluding hydrogens is 488 g/mol. The van der Waals surface area contributed by atoms with E-state index in [9.17, 15) is 0 Å². The van der Waals surface area contributed by atoms with Gasteiger partial charge in [-0.1, -0.05) is 43.6 Å². The molecule has 0 unspecified atom stereocenters. The molecule has 0 bridgehead atoms. The molecular formula is C18H19Br2ClN2OS. The average molecular weight is 507 g/mol. The molecule has 134 valence electrons. The highest BCUT2D eigenvalue weighted by Crippen LogP contribution is 2.49. The van der Waals surface area contributed by atoms with Gasteiger partial charge in [-0.05, 0) is 36.4 Å². The summed E-state index contributed by atoms with van der Waals surface area (Å²) in [6, 6.07) is 13.1. The van der Waals surface area contributed by atoms with Crippen LogP contribution in [0.1, 0.15) is 0 Å². The Bertz CT molecular complexity index is 704. The minimum Gasteiger partial charge on any atom is -0.379 e. The molecule has 0 spiro atoms. The van der Waals surface area contributed by atoms with Gasteiger partial charge in [0.15, 0.2) is 0 Å². The number of fused-ring (bicyclic) bond motifs is 2. The van der Waals surface area contributed by atoms with Crippen molar-refractivity contribution in [3.63, 3.8) is 0 Å². The molecule has 0 aromatic heterocycles. The highest BCUT2D eigenvalue weighted by molar-refractivity contribution is 9.10. The van der Waals surface area contributed by atoms with Crippen molar-refractivity contribution in [2.45, 2.75) is 9.79 Å². The number of hydrogen-bond donors (Lipinski definition) is 0. The lowest BCUT2D eigenvalue weighted by molar-refractivity contribution is 0.0394. The van der Waals surface area contributed by atoms with Gasteiger partial charge in [-0.3, -0.25) is 4.90 Å². The van der Waals surface area contributed by atoms with Gasteiger partial charge in [0.25, 0.3) is 0 Å². The third kappa shape index (κ3) is 4.37. The van der Waals surface area contributed by atoms with Crippen LogP contribution in [0, 0.1) is 0 Å². The summed E-state index contributed by atoms with van der Waals surface area (Å²) >= 11 is 9.05. The maximum Gasteiger partial charge on any atom is 0.0594 e. The second-order valence-corrected chi connectivity index (χ2v) is 8.85. The lowest BCUT2D eigenvalue weighted by Crippen LogP contribution is -2.41. The van der Waals surface area contributed by atoms with E-state index in [0.29, 0.717) is 0 Å². The minimum atomic E-state index is 0. The molecule has 2 aliphatic heterocycles. The zero-order valence-electron chi connectivity index (χ0n) is 13.6. The third-order valence-corrected chi connectivity index (χ3v) is 6.47. The van der Waals surface area contributed by atoms with Gasteiger partial charge in [-0.15, -0.1) is 12.4 Å². The number of benzene rings is 2. The van der Waals surface area contributed by atoms with Crippen LogP contribution in [-0.2, 0) is 4.74 Å². The van der Waals surface area contributed by atoms with Crippen molar-refractivity contribution in [2.24, 2.45) is 0 Å². The molecule has 0 atom stereocenters. The molecule has 7 heteroatoms. The molecule has 3 nitrogen and oxygen atoms in total. The molecule has 0 radical (unpaired) electrons. The third-order valence-electron chi connectivity index (χ3n) is 4.39. The zero-order chi connectivity index (χ0) is 16.5. The number of nitrogens with zero attached hydrogens (tertiary/aromatic N) is 2. The van der Waals surface area contributed by atoms with Crippen LogP contribution in [0.2, 0.25) is 0 Å². The summed E-state index contributed by atoms with van der Waals surface area (Å²) in [4.78, 5) is 7.55. The van der Waals surface area contributed by atoms with Crippen LogP contribution >= 0.6 is 56.0 Å². The fourth-order valence-corrected chi connectivity index (χ4v) is 5.34. The molecule has 2 aromatic carbocycles. The molecule has 4 rings (SSSR count). The number of ether oxygens (including phenoxy) is 1. The maximum atomic E-state index is 5.46. The van der Waals surface area contributed by atoms with Crippen LogP contribution in [0.4, 0.5) is 11.4 Å². The first-order valence-electron chi connectivity index (χ1n) is 8.05. The smallest absolute Gasteiger partial charge is 0.0594 e. The first-order chi connectivity index (χ1) is 11.7. The van der Waals surface area contributed by atoms with E-state index in [-0.39, 0.29) is 12.4 Å². The first-order valence-corrected chi connectivity index (χ1v) is 10.5. The average Bonchev–Trinajstić information content (AvgIpc) is 2.59. The summed E-state index contributed by atoms with van der Waals surface area (Å²) in [6.45, 7) is 5.81. The second-order valence-electron chi connectivity index (χ2n) is 5.93. The molecule has 25 heavy (non-hydrogen) atoms. The lowest BCUT2D eigenvalue weighted by Gasteiger charge is -2.35. The van der Waals surface area contributed by atoms with Crippen LogP contribution in [-0.4, -0.2) is 44.3 Å². The Morgan fingerprint density at radius 1 is 0.880 bits per heavy atom. The van der Waals surface area contributed by atoms with Crippen molar-refractivity contribution in [2.75, 3.05) is 44.3 Å². The topological polar surface area (TPSA) is 15.7 Å². The zero-order valence-corrected chi connectivity index (χ0v) is 18.4. The van der Waals surface area contributed by atoms with Crippen LogP contribution in [0.15, 0.2) is 55.1 Å². The van der Waals surface area contributed by atoms with Gasteiger partial charge in [0.05, 0.1) is 24.6 Å². The van der Waals surface area contributed by atoms with E-state index in [1.807, 2.05) is 11.8 Å². The Kier molecular flexibility index (Phi) is 6.74. The van der Waals surface area contributed by atoms with Crippen molar-refractivity contribution in [3.8, 4) is 0 Å². The summed E-state index contributed by atoms with van der Waals surface area (Å²) in [5.41, 5.74) is 2.59. The molecule has 0 amide bonds. The number of anilines is 2. The Balaban J connectivity index is 0.00000182. The van der Waals surface area contributed by atoms with Gasteiger partial charge < -0.3 is 9.64 Å². The molecule has 2 aliphatic rings. The number of morpholine rings is 1. The van der Waals surface area contributed by atoms with Crippen molar-refractivity contribution < 1.29 is 4.74 Å². The Morgan fingerprint density at radius 2 is 1.44 bits per heavy atom. The summed E-state index contributed by atoms with van der Waals surface area (Å²) in [5.74, 6) is 0. The first kappa shape index (κ1) is 19.5. The maximum absolute atomic E-state index is 5.46. The van der Waals surface area contributed by atoms with Crippen LogP contribution < -0.4 is 4.90 Å². The number of rotatable bonds is 3. The summed E-state index contributed by atoms with van der Waals surface area (Å²) in [6.07, 6.45) is 0.